The number of fused-ring (bicyclic) bond motifs is 1. The van der Waals surface area contributed by atoms with Gasteiger partial charge in [0.05, 0.1) is 0 Å². The molecule has 0 amide bonds. The van der Waals surface area contributed by atoms with E-state index in [-0.39, 0.29) is 12.0 Å². The number of nitrogens with two attached hydrogens (primary N) is 1. The van der Waals surface area contributed by atoms with Gasteiger partial charge in [-0.05, 0) is 17.9 Å². The van der Waals surface area contributed by atoms with Crippen LogP contribution in [0.4, 0.5) is 0 Å². The van der Waals surface area contributed by atoms with Gasteiger partial charge in [0.2, 0.25) is 10.0 Å². The maximum absolute atomic E-state index is 12.6. The minimum atomic E-state index is -3.53. The molecule has 6 heteroatoms. The fourth-order valence-corrected chi connectivity index (χ4v) is 5.00. The quantitative estimate of drug-likeness (QED) is 0.887. The normalized spacial score (nSPS) is 13.0. The second-order valence-electron chi connectivity index (χ2n) is 6.26. The molecule has 1 heterocycles. The van der Waals surface area contributed by atoms with Crippen molar-refractivity contribution in [1.82, 2.24) is 4.72 Å². The molecule has 0 saturated heterocycles. The number of thiophene rings is 1. The standard InChI is InChI=1S/C15H22N2O2S2/c1-15(2,3)8-9-17-21(18,19)14-11-6-4-5-7-12(11)20-13(14)10-16/h4-7,17H,8-10,16H2,1-3H3. The number of rotatable bonds is 5. The first kappa shape index (κ1) is 16.4. The lowest BCUT2D eigenvalue weighted by Gasteiger charge is -2.18. The van der Waals surface area contributed by atoms with Crippen LogP contribution in [0.5, 0.6) is 0 Å². The zero-order valence-corrected chi connectivity index (χ0v) is 14.3. The Morgan fingerprint density at radius 2 is 1.90 bits per heavy atom. The van der Waals surface area contributed by atoms with Gasteiger partial charge in [-0.1, -0.05) is 39.0 Å². The number of benzene rings is 1. The van der Waals surface area contributed by atoms with Crippen molar-refractivity contribution in [2.45, 2.75) is 38.6 Å². The molecule has 0 saturated carbocycles. The van der Waals surface area contributed by atoms with Gasteiger partial charge >= 0.3 is 0 Å². The van der Waals surface area contributed by atoms with Crippen LogP contribution in [0.15, 0.2) is 29.2 Å². The highest BCUT2D eigenvalue weighted by Gasteiger charge is 2.24. The maximum Gasteiger partial charge on any atom is 0.242 e. The molecule has 2 rings (SSSR count). The third-order valence-electron chi connectivity index (χ3n) is 3.24. The van der Waals surface area contributed by atoms with E-state index in [2.05, 4.69) is 25.5 Å². The van der Waals surface area contributed by atoms with Crippen molar-refractivity contribution in [3.8, 4) is 0 Å². The summed E-state index contributed by atoms with van der Waals surface area (Å²) in [5, 5.41) is 0.756. The van der Waals surface area contributed by atoms with E-state index in [0.29, 0.717) is 16.3 Å². The van der Waals surface area contributed by atoms with Gasteiger partial charge in [-0.15, -0.1) is 11.3 Å². The molecule has 21 heavy (non-hydrogen) atoms. The van der Waals surface area contributed by atoms with E-state index in [0.717, 1.165) is 16.5 Å². The Kier molecular flexibility index (Phi) is 4.72. The summed E-state index contributed by atoms with van der Waals surface area (Å²) in [6.45, 7) is 6.93. The Morgan fingerprint density at radius 3 is 2.52 bits per heavy atom. The monoisotopic (exact) mass is 326 g/mol. The molecular formula is C15H22N2O2S2. The molecule has 0 aliphatic heterocycles. The number of nitrogens with one attached hydrogen (secondary N) is 1. The van der Waals surface area contributed by atoms with E-state index < -0.39 is 10.0 Å². The zero-order valence-electron chi connectivity index (χ0n) is 12.6. The van der Waals surface area contributed by atoms with E-state index in [4.69, 9.17) is 5.73 Å². The molecule has 4 nitrogen and oxygen atoms in total. The van der Waals surface area contributed by atoms with Gasteiger partial charge in [0.1, 0.15) is 4.90 Å². The third-order valence-corrected chi connectivity index (χ3v) is 6.15. The molecule has 0 spiro atoms. The summed E-state index contributed by atoms with van der Waals surface area (Å²) in [5.74, 6) is 0. The van der Waals surface area contributed by atoms with Crippen LogP contribution in [0.2, 0.25) is 0 Å². The van der Waals surface area contributed by atoms with Gasteiger partial charge in [-0.25, -0.2) is 13.1 Å². The van der Waals surface area contributed by atoms with Crippen molar-refractivity contribution in [2.24, 2.45) is 11.1 Å². The summed E-state index contributed by atoms with van der Waals surface area (Å²) in [4.78, 5) is 1.05. The predicted octanol–water partition coefficient (Wildman–Crippen LogP) is 3.07. The van der Waals surface area contributed by atoms with Gasteiger partial charge < -0.3 is 5.73 Å². The number of hydrogen-bond donors (Lipinski definition) is 2. The Labute approximate surface area is 130 Å². The van der Waals surface area contributed by atoms with Gasteiger partial charge in [0.25, 0.3) is 0 Å². The lowest BCUT2D eigenvalue weighted by molar-refractivity contribution is 0.378. The Morgan fingerprint density at radius 1 is 1.24 bits per heavy atom. The van der Waals surface area contributed by atoms with Crippen molar-refractivity contribution in [2.75, 3.05) is 6.54 Å². The largest absolute Gasteiger partial charge is 0.326 e. The first-order valence-corrected chi connectivity index (χ1v) is 9.25. The van der Waals surface area contributed by atoms with Crippen LogP contribution in [-0.4, -0.2) is 15.0 Å². The fraction of sp³-hybridized carbons (Fsp3) is 0.467. The molecule has 3 N–H and O–H groups in total. The SMILES string of the molecule is CC(C)(C)CCNS(=O)(=O)c1c(CN)sc2ccccc12. The maximum atomic E-state index is 12.6. The fourth-order valence-electron chi connectivity index (χ4n) is 2.13. The lowest BCUT2D eigenvalue weighted by atomic mass is 9.93. The molecule has 0 aliphatic carbocycles. The van der Waals surface area contributed by atoms with Gasteiger partial charge in [0.15, 0.2) is 0 Å². The smallest absolute Gasteiger partial charge is 0.242 e. The summed E-state index contributed by atoms with van der Waals surface area (Å²) in [5.41, 5.74) is 5.82. The van der Waals surface area contributed by atoms with Crippen molar-refractivity contribution < 1.29 is 8.42 Å². The predicted molar refractivity (Wildman–Crippen MR) is 89.0 cm³/mol. The molecule has 0 aliphatic rings. The summed E-state index contributed by atoms with van der Waals surface area (Å²) in [6.07, 6.45) is 0.784. The summed E-state index contributed by atoms with van der Waals surface area (Å²) in [6, 6.07) is 7.52. The molecule has 0 bridgehead atoms. The Bertz CT molecular complexity index is 728. The van der Waals surface area contributed by atoms with Crippen molar-refractivity contribution in [3.05, 3.63) is 29.1 Å². The van der Waals surface area contributed by atoms with Crippen LogP contribution >= 0.6 is 11.3 Å². The highest BCUT2D eigenvalue weighted by molar-refractivity contribution is 7.90. The van der Waals surface area contributed by atoms with Crippen LogP contribution in [0.1, 0.15) is 32.1 Å². The van der Waals surface area contributed by atoms with E-state index in [1.807, 2.05) is 24.3 Å². The Hall–Kier alpha value is -0.950. The number of sulfonamides is 1. The highest BCUT2D eigenvalue weighted by atomic mass is 32.2. The summed E-state index contributed by atoms with van der Waals surface area (Å²) in [7, 11) is -3.53. The number of hydrogen-bond acceptors (Lipinski definition) is 4. The minimum absolute atomic E-state index is 0.0932. The molecule has 1 aromatic carbocycles. The lowest BCUT2D eigenvalue weighted by Crippen LogP contribution is -2.28. The first-order valence-electron chi connectivity index (χ1n) is 6.95. The van der Waals surface area contributed by atoms with E-state index >= 15 is 0 Å². The van der Waals surface area contributed by atoms with Crippen molar-refractivity contribution in [1.29, 1.82) is 0 Å². The third kappa shape index (κ3) is 3.83. The summed E-state index contributed by atoms with van der Waals surface area (Å²) >= 11 is 1.45. The van der Waals surface area contributed by atoms with E-state index in [1.54, 1.807) is 0 Å². The molecule has 0 fully saturated rings. The van der Waals surface area contributed by atoms with Crippen molar-refractivity contribution in [3.63, 3.8) is 0 Å². The molecule has 1 aromatic heterocycles. The van der Waals surface area contributed by atoms with E-state index in [1.165, 1.54) is 11.3 Å². The van der Waals surface area contributed by atoms with Gasteiger partial charge in [-0.2, -0.15) is 0 Å². The molecule has 0 radical (unpaired) electrons. The molecule has 0 unspecified atom stereocenters. The molecule has 116 valence electrons. The summed E-state index contributed by atoms with van der Waals surface area (Å²) < 4.78 is 28.9. The van der Waals surface area contributed by atoms with Crippen LogP contribution in [-0.2, 0) is 16.6 Å². The van der Waals surface area contributed by atoms with Crippen LogP contribution < -0.4 is 10.5 Å². The molecule has 2 aromatic rings. The second kappa shape index (κ2) is 6.04. The average molecular weight is 326 g/mol. The molecular weight excluding hydrogens is 304 g/mol. The molecule has 0 atom stereocenters. The van der Waals surface area contributed by atoms with Crippen LogP contribution in [0.25, 0.3) is 10.1 Å². The van der Waals surface area contributed by atoms with Crippen LogP contribution in [0, 0.1) is 5.41 Å². The zero-order chi connectivity index (χ0) is 15.7. The van der Waals surface area contributed by atoms with Gasteiger partial charge in [0, 0.05) is 28.1 Å². The highest BCUT2D eigenvalue weighted by Crippen LogP contribution is 2.34. The van der Waals surface area contributed by atoms with Gasteiger partial charge in [-0.3, -0.25) is 0 Å². The topological polar surface area (TPSA) is 72.2 Å². The minimum Gasteiger partial charge on any atom is -0.326 e. The van der Waals surface area contributed by atoms with E-state index in [9.17, 15) is 8.42 Å². The van der Waals surface area contributed by atoms with Crippen LogP contribution in [0.3, 0.4) is 0 Å². The second-order valence-corrected chi connectivity index (χ2v) is 9.10. The Balaban J connectivity index is 2.35. The first-order chi connectivity index (χ1) is 9.74. The average Bonchev–Trinajstić information content (AvgIpc) is 2.75. The van der Waals surface area contributed by atoms with Crippen molar-refractivity contribution >= 4 is 31.4 Å².